The predicted octanol–water partition coefficient (Wildman–Crippen LogP) is 6.70. The third-order valence-corrected chi connectivity index (χ3v) is 10.2. The van der Waals surface area contributed by atoms with Crippen LogP contribution in [0.2, 0.25) is 0 Å². The molecule has 1 unspecified atom stereocenters. The SMILES string of the molecule is C[C@@H]1CN(c2nc(=O)n3c4c(cc(C(F)(F)F)cc24)[SH](Cl)C[C@H](c2ccc(F)cc2)C3)C[C@H](C)N1C(=O)OC(C)(C)C. The molecule has 0 radical (unpaired) electrons. The van der Waals surface area contributed by atoms with Crippen LogP contribution in [-0.4, -0.2) is 57.1 Å². The Morgan fingerprint density at radius 1 is 1.05 bits per heavy atom. The molecule has 1 amide bonds. The molecule has 1 fully saturated rings. The quantitative estimate of drug-likeness (QED) is 0.253. The van der Waals surface area contributed by atoms with E-state index >= 15 is 0 Å². The minimum atomic E-state index is -4.66. The van der Waals surface area contributed by atoms with Crippen molar-refractivity contribution in [2.75, 3.05) is 23.7 Å². The van der Waals surface area contributed by atoms with E-state index < -0.39 is 45.0 Å². The third kappa shape index (κ3) is 5.92. The highest BCUT2D eigenvalue weighted by Gasteiger charge is 2.39. The van der Waals surface area contributed by atoms with Crippen LogP contribution in [0.5, 0.6) is 0 Å². The van der Waals surface area contributed by atoms with Crippen LogP contribution in [0, 0.1) is 5.82 Å². The van der Waals surface area contributed by atoms with Crippen molar-refractivity contribution in [3.8, 4) is 0 Å². The van der Waals surface area contributed by atoms with Gasteiger partial charge in [-0.15, -0.1) is 10.1 Å². The first-order valence-corrected chi connectivity index (χ1v) is 16.1. The largest absolute Gasteiger partial charge is 0.444 e. The van der Waals surface area contributed by atoms with Gasteiger partial charge in [-0.25, -0.2) is 14.0 Å². The summed E-state index contributed by atoms with van der Waals surface area (Å²) in [6.45, 7) is 9.56. The van der Waals surface area contributed by atoms with Gasteiger partial charge in [-0.2, -0.15) is 18.2 Å². The molecule has 0 aliphatic carbocycles. The second kappa shape index (κ2) is 10.9. The molecular formula is C29H33ClF4N4O3S. The summed E-state index contributed by atoms with van der Waals surface area (Å²) in [5, 5.41) is 0.178. The number of benzene rings is 2. The summed E-state index contributed by atoms with van der Waals surface area (Å²) in [7, 11) is 5.23. The number of hydrogen-bond acceptors (Lipinski definition) is 5. The fourth-order valence-electron chi connectivity index (χ4n) is 5.83. The zero-order valence-electron chi connectivity index (χ0n) is 23.9. The van der Waals surface area contributed by atoms with Gasteiger partial charge >= 0.3 is 18.0 Å². The van der Waals surface area contributed by atoms with Gasteiger partial charge in [0.15, 0.2) is 0 Å². The van der Waals surface area contributed by atoms with E-state index in [1.807, 2.05) is 13.8 Å². The van der Waals surface area contributed by atoms with Crippen LogP contribution in [0.15, 0.2) is 46.1 Å². The van der Waals surface area contributed by atoms with E-state index in [9.17, 15) is 27.2 Å². The Labute approximate surface area is 248 Å². The zero-order valence-corrected chi connectivity index (χ0v) is 25.5. The van der Waals surface area contributed by atoms with Crippen molar-refractivity contribution >= 4 is 43.6 Å². The standard InChI is InChI=1S/C29H33ClF4N4O3S/c1-16-12-36(13-17(2)38(16)27(40)41-28(3,4)5)25-22-10-20(29(32,33)34)11-23-24(22)37(26(39)35-25)14-19(15-42(23)30)18-6-8-21(31)9-7-18/h6-11,16-17,19,42H,12-15H2,1-5H3/t16-,17+,19-/m1/s1. The van der Waals surface area contributed by atoms with Gasteiger partial charge in [0.25, 0.3) is 0 Å². The maximum atomic E-state index is 14.2. The molecule has 4 atom stereocenters. The monoisotopic (exact) mass is 628 g/mol. The Hall–Kier alpha value is -2.99. The van der Waals surface area contributed by atoms with Crippen molar-refractivity contribution in [1.29, 1.82) is 0 Å². The molecule has 228 valence electrons. The lowest BCUT2D eigenvalue weighted by Crippen LogP contribution is -2.59. The van der Waals surface area contributed by atoms with Gasteiger partial charge in [0.05, 0.1) is 23.2 Å². The van der Waals surface area contributed by atoms with Crippen LogP contribution in [0.25, 0.3) is 10.9 Å². The number of piperazine rings is 1. The Kier molecular flexibility index (Phi) is 7.93. The molecular weight excluding hydrogens is 596 g/mol. The lowest BCUT2D eigenvalue weighted by atomic mass is 10.0. The lowest BCUT2D eigenvalue weighted by Gasteiger charge is -2.45. The van der Waals surface area contributed by atoms with Gasteiger partial charge in [0.1, 0.15) is 17.2 Å². The molecule has 7 nitrogen and oxygen atoms in total. The maximum Gasteiger partial charge on any atom is 0.416 e. The summed E-state index contributed by atoms with van der Waals surface area (Å²) in [6, 6.07) is 7.15. The Bertz CT molecular complexity index is 1560. The summed E-state index contributed by atoms with van der Waals surface area (Å²) < 4.78 is 63.1. The fourth-order valence-corrected chi connectivity index (χ4v) is 8.37. The number of thiol groups is 1. The fraction of sp³-hybridized carbons (Fsp3) is 0.483. The van der Waals surface area contributed by atoms with Gasteiger partial charge in [0, 0.05) is 41.6 Å². The van der Waals surface area contributed by atoms with Gasteiger partial charge in [-0.1, -0.05) is 22.8 Å². The van der Waals surface area contributed by atoms with E-state index in [0.717, 1.165) is 17.7 Å². The summed E-state index contributed by atoms with van der Waals surface area (Å²) in [6.07, 6.45) is -5.14. The van der Waals surface area contributed by atoms with Crippen molar-refractivity contribution < 1.29 is 27.1 Å². The molecule has 13 heteroatoms. The number of rotatable bonds is 2. The van der Waals surface area contributed by atoms with Crippen molar-refractivity contribution in [3.63, 3.8) is 0 Å². The predicted molar refractivity (Wildman–Crippen MR) is 157 cm³/mol. The molecule has 3 heterocycles. The highest BCUT2D eigenvalue weighted by molar-refractivity contribution is 8.36. The average Bonchev–Trinajstić information content (AvgIpc) is 3.01. The van der Waals surface area contributed by atoms with E-state index in [2.05, 4.69) is 4.98 Å². The Balaban J connectivity index is 1.63. The first kappa shape index (κ1) is 30.5. The van der Waals surface area contributed by atoms with E-state index in [1.165, 1.54) is 16.7 Å². The van der Waals surface area contributed by atoms with Crippen LogP contribution in [0.1, 0.15) is 51.7 Å². The number of ether oxygens (including phenoxy) is 1. The van der Waals surface area contributed by atoms with Gasteiger partial charge < -0.3 is 9.64 Å². The van der Waals surface area contributed by atoms with Crippen LogP contribution >= 0.6 is 20.8 Å². The molecule has 5 rings (SSSR count). The molecule has 2 aliphatic heterocycles. The smallest absolute Gasteiger partial charge is 0.416 e. The number of alkyl halides is 3. The number of carbonyl (C=O) groups excluding carboxylic acids is 1. The van der Waals surface area contributed by atoms with E-state index in [4.69, 9.17) is 15.4 Å². The number of nitrogens with zero attached hydrogens (tertiary/aromatic N) is 4. The molecule has 3 aromatic rings. The second-order valence-corrected chi connectivity index (χ2v) is 14.8. The lowest BCUT2D eigenvalue weighted by molar-refractivity contribution is -0.137. The number of amides is 1. The molecule has 1 saturated heterocycles. The third-order valence-electron chi connectivity index (χ3n) is 7.57. The van der Waals surface area contributed by atoms with E-state index in [1.54, 1.807) is 42.7 Å². The number of anilines is 1. The van der Waals surface area contributed by atoms with Crippen LogP contribution < -0.4 is 10.6 Å². The highest BCUT2D eigenvalue weighted by Crippen LogP contribution is 2.52. The molecule has 42 heavy (non-hydrogen) atoms. The topological polar surface area (TPSA) is 67.7 Å². The minimum Gasteiger partial charge on any atom is -0.444 e. The molecule has 0 bridgehead atoms. The molecule has 0 N–H and O–H groups in total. The van der Waals surface area contributed by atoms with Gasteiger partial charge in [-0.3, -0.25) is 9.47 Å². The van der Waals surface area contributed by atoms with Gasteiger partial charge in [0.2, 0.25) is 0 Å². The zero-order chi connectivity index (χ0) is 30.7. The van der Waals surface area contributed by atoms with Crippen molar-refractivity contribution in [3.05, 3.63) is 63.8 Å². The second-order valence-electron chi connectivity index (χ2n) is 12.0. The van der Waals surface area contributed by atoms with Gasteiger partial charge in [-0.05, 0) is 64.4 Å². The van der Waals surface area contributed by atoms with Crippen LogP contribution in [0.4, 0.5) is 28.2 Å². The van der Waals surface area contributed by atoms with Crippen molar-refractivity contribution in [1.82, 2.24) is 14.5 Å². The summed E-state index contributed by atoms with van der Waals surface area (Å²) in [4.78, 5) is 34.5. The highest BCUT2D eigenvalue weighted by atomic mass is 35.7. The number of aromatic nitrogens is 2. The molecule has 0 spiro atoms. The Morgan fingerprint density at radius 3 is 2.24 bits per heavy atom. The maximum absolute atomic E-state index is 14.2. The number of halogens is 5. The molecule has 1 aromatic heterocycles. The normalized spacial score (nSPS) is 24.0. The number of hydrogen-bond donors (Lipinski definition) is 1. The molecule has 2 aromatic carbocycles. The first-order chi connectivity index (χ1) is 19.5. The van der Waals surface area contributed by atoms with E-state index in [-0.39, 0.29) is 53.7 Å². The minimum absolute atomic E-state index is 0.126. The Morgan fingerprint density at radius 2 is 1.67 bits per heavy atom. The van der Waals surface area contributed by atoms with Crippen LogP contribution in [-0.2, 0) is 17.5 Å². The summed E-state index contributed by atoms with van der Waals surface area (Å²) in [5.74, 6) is -0.319. The summed E-state index contributed by atoms with van der Waals surface area (Å²) >= 11 is 0. The van der Waals surface area contributed by atoms with Crippen LogP contribution in [0.3, 0.4) is 0 Å². The number of carbonyl (C=O) groups is 1. The molecule has 0 saturated carbocycles. The van der Waals surface area contributed by atoms with E-state index in [0.29, 0.717) is 11.3 Å². The van der Waals surface area contributed by atoms with Crippen molar-refractivity contribution in [2.45, 2.75) is 75.8 Å². The first-order valence-electron chi connectivity index (χ1n) is 13.6. The molecule has 2 aliphatic rings. The summed E-state index contributed by atoms with van der Waals surface area (Å²) in [5.41, 5.74) is -1.11. The average molecular weight is 629 g/mol. The van der Waals surface area contributed by atoms with Crippen molar-refractivity contribution in [2.24, 2.45) is 0 Å².